The van der Waals surface area contributed by atoms with E-state index in [1.54, 1.807) is 35.6 Å². The van der Waals surface area contributed by atoms with Crippen molar-refractivity contribution in [3.63, 3.8) is 0 Å². The van der Waals surface area contributed by atoms with E-state index in [4.69, 9.17) is 9.15 Å². The predicted molar refractivity (Wildman–Crippen MR) is 108 cm³/mol. The molecule has 1 aliphatic rings. The van der Waals surface area contributed by atoms with Gasteiger partial charge in [0.1, 0.15) is 5.76 Å². The molecule has 4 heterocycles. The first-order valence-electron chi connectivity index (χ1n) is 9.57. The largest absolute Gasteiger partial charge is 0.455 e. The second kappa shape index (κ2) is 9.67. The molecule has 1 saturated heterocycles. The molecule has 0 bridgehead atoms. The first-order chi connectivity index (χ1) is 14.3. The highest BCUT2D eigenvalue weighted by molar-refractivity contribution is 7.98. The third kappa shape index (κ3) is 5.42. The molecule has 0 saturated carbocycles. The molecule has 3 aromatic heterocycles. The lowest BCUT2D eigenvalue weighted by molar-refractivity contribution is 0.0480. The Morgan fingerprint density at radius 1 is 1.10 bits per heavy atom. The molecular formula is C21H22N4O3S. The van der Waals surface area contributed by atoms with E-state index >= 15 is 0 Å². The molecule has 1 atom stereocenters. The lowest BCUT2D eigenvalue weighted by Gasteiger charge is -2.24. The zero-order chi connectivity index (χ0) is 19.9. The van der Waals surface area contributed by atoms with E-state index < -0.39 is 0 Å². The summed E-state index contributed by atoms with van der Waals surface area (Å²) in [6.07, 6.45) is 7.18. The summed E-state index contributed by atoms with van der Waals surface area (Å²) in [6.45, 7) is 1.69. The Morgan fingerprint density at radius 3 is 2.72 bits per heavy atom. The molecule has 1 fully saturated rings. The molecular weight excluding hydrogens is 388 g/mol. The lowest BCUT2D eigenvalue weighted by Crippen LogP contribution is -2.37. The molecule has 1 aliphatic heterocycles. The summed E-state index contributed by atoms with van der Waals surface area (Å²) in [6, 6.07) is 11.0. The third-order valence-corrected chi connectivity index (χ3v) is 5.47. The van der Waals surface area contributed by atoms with Gasteiger partial charge in [-0.2, -0.15) is 0 Å². The maximum Gasteiger partial charge on any atom is 0.290 e. The highest BCUT2D eigenvalue weighted by Gasteiger charge is 2.25. The normalized spacial score (nSPS) is 16.1. The van der Waals surface area contributed by atoms with E-state index in [1.807, 2.05) is 24.3 Å². The topological polar surface area (TPSA) is 81.4 Å². The molecule has 150 valence electrons. The van der Waals surface area contributed by atoms with Crippen molar-refractivity contribution in [1.82, 2.24) is 19.9 Å². The fourth-order valence-corrected chi connectivity index (χ4v) is 3.86. The summed E-state index contributed by atoms with van der Waals surface area (Å²) >= 11 is 1.46. The molecule has 4 rings (SSSR count). The zero-order valence-electron chi connectivity index (χ0n) is 15.9. The van der Waals surface area contributed by atoms with Crippen LogP contribution in [0.4, 0.5) is 0 Å². The van der Waals surface area contributed by atoms with Gasteiger partial charge in [0.05, 0.1) is 24.1 Å². The number of hydrogen-bond donors (Lipinski definition) is 0. The van der Waals surface area contributed by atoms with Crippen LogP contribution in [0.25, 0.3) is 0 Å². The predicted octanol–water partition coefficient (Wildman–Crippen LogP) is 3.58. The first-order valence-corrected chi connectivity index (χ1v) is 10.6. The van der Waals surface area contributed by atoms with Gasteiger partial charge in [0.15, 0.2) is 10.9 Å². The van der Waals surface area contributed by atoms with E-state index in [1.165, 1.54) is 11.8 Å². The Bertz CT molecular complexity index is 914. The van der Waals surface area contributed by atoms with E-state index in [-0.39, 0.29) is 12.0 Å². The standard InChI is InChI=1S/C21H22N4O3S/c26-20(19-8-7-18(28-19)15-29-21-23-10-4-11-24-21)25(14-17-6-3-12-27-17)13-16-5-1-2-9-22-16/h1-2,4-5,7-11,17H,3,6,12-15H2. The van der Waals surface area contributed by atoms with Crippen LogP contribution in [0.15, 0.2) is 64.6 Å². The number of hydrogen-bond acceptors (Lipinski definition) is 7. The van der Waals surface area contributed by atoms with Crippen LogP contribution in [0.2, 0.25) is 0 Å². The number of ether oxygens (including phenoxy) is 1. The van der Waals surface area contributed by atoms with Crippen LogP contribution in [-0.4, -0.2) is 45.0 Å². The summed E-state index contributed by atoms with van der Waals surface area (Å²) in [7, 11) is 0. The molecule has 1 amide bonds. The number of pyridine rings is 1. The average molecular weight is 410 g/mol. The van der Waals surface area contributed by atoms with Crippen molar-refractivity contribution >= 4 is 17.7 Å². The summed E-state index contributed by atoms with van der Waals surface area (Å²) in [4.78, 5) is 27.6. The van der Waals surface area contributed by atoms with Crippen LogP contribution in [-0.2, 0) is 17.0 Å². The molecule has 0 radical (unpaired) electrons. The van der Waals surface area contributed by atoms with Gasteiger partial charge in [-0.25, -0.2) is 9.97 Å². The second-order valence-electron chi connectivity index (χ2n) is 6.73. The molecule has 0 aliphatic carbocycles. The molecule has 0 spiro atoms. The summed E-state index contributed by atoms with van der Waals surface area (Å²) in [5.41, 5.74) is 0.836. The van der Waals surface area contributed by atoms with Gasteiger partial charge in [-0.05, 0) is 43.2 Å². The molecule has 3 aromatic rings. The summed E-state index contributed by atoms with van der Waals surface area (Å²) in [5.74, 6) is 1.44. The number of nitrogens with zero attached hydrogens (tertiary/aromatic N) is 4. The number of thioether (sulfide) groups is 1. The minimum absolute atomic E-state index is 0.0582. The van der Waals surface area contributed by atoms with Gasteiger partial charge in [0, 0.05) is 31.7 Å². The minimum Gasteiger partial charge on any atom is -0.455 e. The highest BCUT2D eigenvalue weighted by atomic mass is 32.2. The van der Waals surface area contributed by atoms with E-state index in [2.05, 4.69) is 15.0 Å². The van der Waals surface area contributed by atoms with E-state index in [9.17, 15) is 4.79 Å². The van der Waals surface area contributed by atoms with Crippen molar-refractivity contribution in [2.75, 3.05) is 13.2 Å². The Kier molecular flexibility index (Phi) is 6.53. The van der Waals surface area contributed by atoms with Crippen LogP contribution in [0.1, 0.15) is 34.9 Å². The molecule has 29 heavy (non-hydrogen) atoms. The van der Waals surface area contributed by atoms with Crippen molar-refractivity contribution in [2.45, 2.75) is 36.4 Å². The maximum absolute atomic E-state index is 13.1. The van der Waals surface area contributed by atoms with Gasteiger partial charge in [-0.1, -0.05) is 17.8 Å². The van der Waals surface area contributed by atoms with Crippen molar-refractivity contribution in [1.29, 1.82) is 0 Å². The zero-order valence-corrected chi connectivity index (χ0v) is 16.8. The summed E-state index contributed by atoms with van der Waals surface area (Å²) < 4.78 is 11.6. The number of carbonyl (C=O) groups is 1. The van der Waals surface area contributed by atoms with E-state index in [0.29, 0.717) is 35.5 Å². The SMILES string of the molecule is O=C(c1ccc(CSc2ncccn2)o1)N(Cc1ccccn1)CC1CCCO1. The number of carbonyl (C=O) groups excluding carboxylic acids is 1. The summed E-state index contributed by atoms with van der Waals surface area (Å²) in [5, 5.41) is 0.673. The molecule has 1 unspecified atom stereocenters. The van der Waals surface area contributed by atoms with Crippen LogP contribution >= 0.6 is 11.8 Å². The fraction of sp³-hybridized carbons (Fsp3) is 0.333. The number of amides is 1. The van der Waals surface area contributed by atoms with Crippen LogP contribution in [0.5, 0.6) is 0 Å². The van der Waals surface area contributed by atoms with Crippen LogP contribution in [0, 0.1) is 0 Å². The van der Waals surface area contributed by atoms with Gasteiger partial charge in [-0.3, -0.25) is 9.78 Å². The minimum atomic E-state index is -0.154. The highest BCUT2D eigenvalue weighted by Crippen LogP contribution is 2.22. The third-order valence-electron chi connectivity index (χ3n) is 4.57. The van der Waals surface area contributed by atoms with Crippen LogP contribution in [0.3, 0.4) is 0 Å². The molecule has 8 heteroatoms. The molecule has 7 nitrogen and oxygen atoms in total. The molecule has 0 N–H and O–H groups in total. The van der Waals surface area contributed by atoms with Crippen molar-refractivity contribution in [3.05, 3.63) is 72.2 Å². The smallest absolute Gasteiger partial charge is 0.290 e. The second-order valence-corrected chi connectivity index (χ2v) is 7.67. The Hall–Kier alpha value is -2.71. The number of aromatic nitrogens is 3. The van der Waals surface area contributed by atoms with Crippen molar-refractivity contribution in [3.8, 4) is 0 Å². The van der Waals surface area contributed by atoms with Gasteiger partial charge < -0.3 is 14.1 Å². The fourth-order valence-electron chi connectivity index (χ4n) is 3.16. The monoisotopic (exact) mass is 410 g/mol. The number of furan rings is 1. The van der Waals surface area contributed by atoms with Crippen molar-refractivity contribution in [2.24, 2.45) is 0 Å². The van der Waals surface area contributed by atoms with Gasteiger partial charge in [0.2, 0.25) is 0 Å². The van der Waals surface area contributed by atoms with Gasteiger partial charge in [-0.15, -0.1) is 0 Å². The first kappa shape index (κ1) is 19.6. The van der Waals surface area contributed by atoms with Gasteiger partial charge in [0.25, 0.3) is 5.91 Å². The van der Waals surface area contributed by atoms with Crippen molar-refractivity contribution < 1.29 is 13.9 Å². The quantitative estimate of drug-likeness (QED) is 0.415. The van der Waals surface area contributed by atoms with Gasteiger partial charge >= 0.3 is 0 Å². The Labute approximate surface area is 173 Å². The van der Waals surface area contributed by atoms with E-state index in [0.717, 1.165) is 25.1 Å². The maximum atomic E-state index is 13.1. The Morgan fingerprint density at radius 2 is 1.97 bits per heavy atom. The lowest BCUT2D eigenvalue weighted by atomic mass is 10.2. The molecule has 0 aromatic carbocycles. The average Bonchev–Trinajstić information content (AvgIpc) is 3.45. The van der Waals surface area contributed by atoms with Crippen LogP contribution < -0.4 is 0 Å². The number of rotatable bonds is 8. The Balaban J connectivity index is 1.44.